The Balaban J connectivity index is 1.99. The van der Waals surface area contributed by atoms with E-state index in [1.807, 2.05) is 0 Å². The van der Waals surface area contributed by atoms with Crippen LogP contribution in [0.5, 0.6) is 0 Å². The highest BCUT2D eigenvalue weighted by Crippen LogP contribution is 2.34. The smallest absolute Gasteiger partial charge is 0.339 e. The minimum atomic E-state index is -0.991. The summed E-state index contributed by atoms with van der Waals surface area (Å²) in [5.41, 5.74) is -0.0287. The fourth-order valence-electron chi connectivity index (χ4n) is 1.48. The molecule has 3 N–H and O–H groups in total. The van der Waals surface area contributed by atoms with Crippen molar-refractivity contribution in [1.82, 2.24) is 5.32 Å². The second kappa shape index (κ2) is 3.67. The van der Waals surface area contributed by atoms with Gasteiger partial charge in [-0.05, 0) is 18.9 Å². The molecule has 0 amide bonds. The van der Waals surface area contributed by atoms with E-state index in [1.165, 1.54) is 12.3 Å². The molecule has 15 heavy (non-hydrogen) atoms. The normalized spacial score (nSPS) is 17.7. The molecule has 0 unspecified atom stereocenters. The third kappa shape index (κ3) is 2.03. The van der Waals surface area contributed by atoms with Gasteiger partial charge < -0.3 is 19.9 Å². The first kappa shape index (κ1) is 10.2. The zero-order chi connectivity index (χ0) is 10.9. The van der Waals surface area contributed by atoms with E-state index in [9.17, 15) is 4.79 Å². The molecule has 1 aromatic rings. The first-order chi connectivity index (χ1) is 7.17. The van der Waals surface area contributed by atoms with Gasteiger partial charge in [0.15, 0.2) is 0 Å². The highest BCUT2D eigenvalue weighted by atomic mass is 16.4. The van der Waals surface area contributed by atoms with Crippen LogP contribution in [0.2, 0.25) is 0 Å². The Hall–Kier alpha value is -1.33. The summed E-state index contributed by atoms with van der Waals surface area (Å²) in [6.45, 7) is 0.422. The van der Waals surface area contributed by atoms with E-state index < -0.39 is 5.97 Å². The third-order valence-electron chi connectivity index (χ3n) is 2.76. The second-order valence-corrected chi connectivity index (χ2v) is 3.85. The number of aromatic carboxylic acids is 1. The van der Waals surface area contributed by atoms with Crippen LogP contribution < -0.4 is 5.32 Å². The topological polar surface area (TPSA) is 82.7 Å². The van der Waals surface area contributed by atoms with E-state index >= 15 is 0 Å². The summed E-state index contributed by atoms with van der Waals surface area (Å²) >= 11 is 0. The Labute approximate surface area is 86.7 Å². The van der Waals surface area contributed by atoms with E-state index in [1.54, 1.807) is 0 Å². The summed E-state index contributed by atoms with van der Waals surface area (Å²) in [5, 5.41) is 21.0. The largest absolute Gasteiger partial charge is 0.478 e. The molecule has 0 radical (unpaired) electrons. The van der Waals surface area contributed by atoms with Crippen molar-refractivity contribution in [3.63, 3.8) is 0 Å². The van der Waals surface area contributed by atoms with Gasteiger partial charge >= 0.3 is 5.97 Å². The first-order valence-corrected chi connectivity index (χ1v) is 4.82. The van der Waals surface area contributed by atoms with Gasteiger partial charge in [0.25, 0.3) is 0 Å². The van der Waals surface area contributed by atoms with Gasteiger partial charge in [0.1, 0.15) is 11.3 Å². The van der Waals surface area contributed by atoms with Crippen LogP contribution >= 0.6 is 0 Å². The summed E-state index contributed by atoms with van der Waals surface area (Å²) in [7, 11) is 0. The molecular formula is C10H13NO4. The Bertz CT molecular complexity index is 367. The monoisotopic (exact) mass is 211 g/mol. The summed E-state index contributed by atoms with van der Waals surface area (Å²) in [6, 6.07) is 1.43. The Morgan fingerprint density at radius 2 is 2.33 bits per heavy atom. The zero-order valence-electron chi connectivity index (χ0n) is 8.19. The van der Waals surface area contributed by atoms with Crippen LogP contribution in [0, 0.1) is 0 Å². The molecule has 5 heteroatoms. The lowest BCUT2D eigenvalue weighted by Crippen LogP contribution is -2.34. The number of carboxylic acids is 1. The Morgan fingerprint density at radius 1 is 1.60 bits per heavy atom. The van der Waals surface area contributed by atoms with E-state index in [0.717, 1.165) is 12.8 Å². The number of carboxylic acid groups (broad SMARTS) is 1. The molecule has 1 heterocycles. The van der Waals surface area contributed by atoms with Gasteiger partial charge in [-0.2, -0.15) is 0 Å². The molecule has 0 saturated heterocycles. The van der Waals surface area contributed by atoms with Crippen molar-refractivity contribution in [2.45, 2.75) is 24.9 Å². The molecule has 0 spiro atoms. The molecule has 0 aliphatic heterocycles. The predicted octanol–water partition coefficient (Wildman–Crippen LogP) is 0.592. The fourth-order valence-corrected chi connectivity index (χ4v) is 1.48. The van der Waals surface area contributed by atoms with Crippen molar-refractivity contribution in [2.24, 2.45) is 0 Å². The van der Waals surface area contributed by atoms with Crippen LogP contribution in [-0.2, 0) is 6.54 Å². The molecule has 1 aliphatic rings. The number of hydrogen-bond acceptors (Lipinski definition) is 4. The molecule has 1 saturated carbocycles. The van der Waals surface area contributed by atoms with Crippen LogP contribution in [0.25, 0.3) is 0 Å². The number of aliphatic hydroxyl groups excluding tert-OH is 1. The van der Waals surface area contributed by atoms with E-state index in [0.29, 0.717) is 12.3 Å². The molecule has 2 rings (SSSR count). The second-order valence-electron chi connectivity index (χ2n) is 3.85. The van der Waals surface area contributed by atoms with Gasteiger partial charge in [-0.1, -0.05) is 0 Å². The SMILES string of the molecule is O=C(O)c1ccoc1CNC1(CO)CC1. The van der Waals surface area contributed by atoms with Crippen LogP contribution in [0.15, 0.2) is 16.7 Å². The average Bonchev–Trinajstić information content (AvgIpc) is 2.84. The standard InChI is InChI=1S/C10H13NO4/c12-6-10(2-3-10)11-5-8-7(9(13)14)1-4-15-8/h1,4,11-12H,2-3,5-6H2,(H,13,14). The maximum Gasteiger partial charge on any atom is 0.339 e. The summed E-state index contributed by atoms with van der Waals surface area (Å²) in [4.78, 5) is 10.8. The van der Waals surface area contributed by atoms with E-state index in [2.05, 4.69) is 5.32 Å². The number of nitrogens with one attached hydrogen (secondary N) is 1. The highest BCUT2D eigenvalue weighted by Gasteiger charge is 2.41. The van der Waals surface area contributed by atoms with Gasteiger partial charge in [-0.15, -0.1) is 0 Å². The van der Waals surface area contributed by atoms with Crippen LogP contribution in [0.3, 0.4) is 0 Å². The zero-order valence-corrected chi connectivity index (χ0v) is 8.19. The quantitative estimate of drug-likeness (QED) is 0.664. The van der Waals surface area contributed by atoms with Crippen LogP contribution in [0.1, 0.15) is 29.0 Å². The van der Waals surface area contributed by atoms with Gasteiger partial charge in [0.2, 0.25) is 0 Å². The Kier molecular flexibility index (Phi) is 2.50. The van der Waals surface area contributed by atoms with Crippen molar-refractivity contribution in [1.29, 1.82) is 0 Å². The minimum absolute atomic E-state index is 0.0795. The lowest BCUT2D eigenvalue weighted by atomic mass is 10.2. The van der Waals surface area contributed by atoms with Crippen molar-refractivity contribution >= 4 is 5.97 Å². The lowest BCUT2D eigenvalue weighted by molar-refractivity contribution is 0.0694. The highest BCUT2D eigenvalue weighted by molar-refractivity contribution is 5.88. The summed E-state index contributed by atoms with van der Waals surface area (Å²) < 4.78 is 5.07. The first-order valence-electron chi connectivity index (χ1n) is 4.82. The molecule has 1 aromatic heterocycles. The summed E-state index contributed by atoms with van der Waals surface area (Å²) in [5.74, 6) is -0.586. The maximum absolute atomic E-state index is 10.8. The number of aliphatic hydroxyl groups is 1. The number of rotatable bonds is 5. The Morgan fingerprint density at radius 3 is 2.87 bits per heavy atom. The molecule has 1 aliphatic carbocycles. The molecule has 1 fully saturated rings. The minimum Gasteiger partial charge on any atom is -0.478 e. The predicted molar refractivity (Wildman–Crippen MR) is 51.6 cm³/mol. The van der Waals surface area contributed by atoms with Crippen LogP contribution in [0.4, 0.5) is 0 Å². The van der Waals surface area contributed by atoms with E-state index in [4.69, 9.17) is 14.6 Å². The maximum atomic E-state index is 10.8. The van der Waals surface area contributed by atoms with Crippen molar-refractivity contribution < 1.29 is 19.4 Å². The third-order valence-corrected chi connectivity index (χ3v) is 2.76. The van der Waals surface area contributed by atoms with Crippen molar-refractivity contribution in [2.75, 3.05) is 6.61 Å². The average molecular weight is 211 g/mol. The van der Waals surface area contributed by atoms with Gasteiger partial charge in [-0.3, -0.25) is 0 Å². The number of hydrogen-bond donors (Lipinski definition) is 3. The fraction of sp³-hybridized carbons (Fsp3) is 0.500. The van der Waals surface area contributed by atoms with Gasteiger partial charge in [0.05, 0.1) is 19.4 Å². The molecular weight excluding hydrogens is 198 g/mol. The number of furan rings is 1. The molecule has 0 bridgehead atoms. The lowest BCUT2D eigenvalue weighted by Gasteiger charge is -2.12. The molecule has 82 valence electrons. The van der Waals surface area contributed by atoms with Gasteiger partial charge in [0, 0.05) is 5.54 Å². The van der Waals surface area contributed by atoms with Gasteiger partial charge in [-0.25, -0.2) is 4.79 Å². The van der Waals surface area contributed by atoms with Crippen molar-refractivity contribution in [3.8, 4) is 0 Å². The molecule has 0 aromatic carbocycles. The van der Waals surface area contributed by atoms with E-state index in [-0.39, 0.29) is 17.7 Å². The van der Waals surface area contributed by atoms with Crippen molar-refractivity contribution in [3.05, 3.63) is 23.7 Å². The number of carbonyl (C=O) groups is 1. The molecule has 0 atom stereocenters. The molecule has 5 nitrogen and oxygen atoms in total. The summed E-state index contributed by atoms with van der Waals surface area (Å²) in [6.07, 6.45) is 3.21. The van der Waals surface area contributed by atoms with Crippen LogP contribution in [-0.4, -0.2) is 28.3 Å².